The Morgan fingerprint density at radius 2 is 2.33 bits per heavy atom. The highest BCUT2D eigenvalue weighted by atomic mass is 16.1. The van der Waals surface area contributed by atoms with Crippen LogP contribution in [0.15, 0.2) is 14.8 Å². The molecule has 0 saturated carbocycles. The second kappa shape index (κ2) is 3.15. The maximum atomic E-state index is 11.6. The Morgan fingerprint density at radius 1 is 1.60 bits per heavy atom. The largest absolute Gasteiger partial charge is 0.369 e. The molecule has 1 aliphatic rings. The van der Waals surface area contributed by atoms with Crippen LogP contribution in [0.5, 0.6) is 0 Å². The van der Waals surface area contributed by atoms with Crippen LogP contribution in [-0.2, 0) is 0 Å². The van der Waals surface area contributed by atoms with Crippen molar-refractivity contribution in [3.05, 3.63) is 21.2 Å². The Labute approximate surface area is 86.0 Å². The van der Waals surface area contributed by atoms with E-state index in [1.807, 2.05) is 13.8 Å². The SMILES string of the molecule is CCC1(C)CN=c2nc(N)[nH]c(=O)c2=N1. The molecule has 0 fully saturated rings. The predicted molar refractivity (Wildman–Crippen MR) is 55.1 cm³/mol. The third kappa shape index (κ3) is 1.62. The Morgan fingerprint density at radius 3 is 3.00 bits per heavy atom. The molecule has 0 radical (unpaired) electrons. The highest BCUT2D eigenvalue weighted by molar-refractivity contribution is 5.12. The van der Waals surface area contributed by atoms with Crippen LogP contribution in [0, 0.1) is 0 Å². The summed E-state index contributed by atoms with van der Waals surface area (Å²) < 4.78 is 0. The van der Waals surface area contributed by atoms with Gasteiger partial charge in [0, 0.05) is 0 Å². The number of nitrogens with one attached hydrogen (secondary N) is 1. The van der Waals surface area contributed by atoms with E-state index in [1.54, 1.807) is 0 Å². The number of nitrogens with two attached hydrogens (primary N) is 1. The molecule has 6 nitrogen and oxygen atoms in total. The van der Waals surface area contributed by atoms with Gasteiger partial charge in [-0.05, 0) is 13.3 Å². The lowest BCUT2D eigenvalue weighted by atomic mass is 9.99. The van der Waals surface area contributed by atoms with E-state index >= 15 is 0 Å². The molecular weight excluding hydrogens is 194 g/mol. The molecule has 0 bridgehead atoms. The average molecular weight is 207 g/mol. The molecule has 3 N–H and O–H groups in total. The fraction of sp³-hybridized carbons (Fsp3) is 0.556. The molecule has 0 spiro atoms. The number of anilines is 1. The van der Waals surface area contributed by atoms with Gasteiger partial charge >= 0.3 is 0 Å². The van der Waals surface area contributed by atoms with E-state index in [1.165, 1.54) is 0 Å². The summed E-state index contributed by atoms with van der Waals surface area (Å²) in [6.07, 6.45) is 0.833. The first-order valence-electron chi connectivity index (χ1n) is 4.84. The standard InChI is InChI=1S/C9H13N5O/c1-3-9(2)4-11-6-5(14-9)7(15)13-8(10)12-6/h3-4H2,1-2H3,(H3,10,11,12,13,15). The summed E-state index contributed by atoms with van der Waals surface area (Å²) in [5, 5.41) is 0.291. The van der Waals surface area contributed by atoms with Crippen molar-refractivity contribution < 1.29 is 0 Å². The average Bonchev–Trinajstić information content (AvgIpc) is 2.20. The zero-order valence-electron chi connectivity index (χ0n) is 8.74. The van der Waals surface area contributed by atoms with Crippen molar-refractivity contribution in [3.8, 4) is 0 Å². The van der Waals surface area contributed by atoms with Crippen molar-refractivity contribution >= 4 is 5.95 Å². The number of fused-ring (bicyclic) bond motifs is 1. The molecule has 1 atom stereocenters. The van der Waals surface area contributed by atoms with Crippen LogP contribution < -0.4 is 22.1 Å². The molecule has 2 rings (SSSR count). The lowest BCUT2D eigenvalue weighted by molar-refractivity contribution is 0.436. The highest BCUT2D eigenvalue weighted by Crippen LogP contribution is 2.14. The molecule has 1 unspecified atom stereocenters. The summed E-state index contributed by atoms with van der Waals surface area (Å²) in [5.74, 6) is 0.0813. The highest BCUT2D eigenvalue weighted by Gasteiger charge is 2.23. The van der Waals surface area contributed by atoms with Crippen LogP contribution in [0.1, 0.15) is 20.3 Å². The molecule has 2 heterocycles. The van der Waals surface area contributed by atoms with E-state index in [-0.39, 0.29) is 17.0 Å². The summed E-state index contributed by atoms with van der Waals surface area (Å²) in [6.45, 7) is 4.53. The molecule has 80 valence electrons. The molecular formula is C9H13N5O. The van der Waals surface area contributed by atoms with Crippen LogP contribution in [0.2, 0.25) is 0 Å². The van der Waals surface area contributed by atoms with Crippen LogP contribution in [0.4, 0.5) is 5.95 Å². The van der Waals surface area contributed by atoms with Gasteiger partial charge in [0.1, 0.15) is 0 Å². The topological polar surface area (TPSA) is 96.5 Å². The number of aromatic amines is 1. The van der Waals surface area contributed by atoms with E-state index in [0.717, 1.165) is 6.42 Å². The van der Waals surface area contributed by atoms with Crippen LogP contribution in [0.25, 0.3) is 0 Å². The summed E-state index contributed by atoms with van der Waals surface area (Å²) in [6, 6.07) is 0. The van der Waals surface area contributed by atoms with E-state index in [4.69, 9.17) is 5.73 Å². The summed E-state index contributed by atoms with van der Waals surface area (Å²) in [7, 11) is 0. The zero-order valence-corrected chi connectivity index (χ0v) is 8.74. The number of hydrogen-bond acceptors (Lipinski definition) is 5. The van der Waals surface area contributed by atoms with Crippen molar-refractivity contribution in [1.29, 1.82) is 0 Å². The Balaban J connectivity index is 2.78. The fourth-order valence-electron chi connectivity index (χ4n) is 1.42. The van der Waals surface area contributed by atoms with Gasteiger partial charge in [-0.2, -0.15) is 4.98 Å². The van der Waals surface area contributed by atoms with Gasteiger partial charge in [0.25, 0.3) is 5.56 Å². The zero-order chi connectivity index (χ0) is 11.1. The van der Waals surface area contributed by atoms with Crippen LogP contribution in [-0.4, -0.2) is 22.1 Å². The van der Waals surface area contributed by atoms with Gasteiger partial charge in [-0.15, -0.1) is 0 Å². The van der Waals surface area contributed by atoms with Gasteiger partial charge in [-0.25, -0.2) is 0 Å². The molecule has 0 aliphatic carbocycles. The van der Waals surface area contributed by atoms with Crippen molar-refractivity contribution in [3.63, 3.8) is 0 Å². The maximum absolute atomic E-state index is 11.6. The van der Waals surface area contributed by atoms with Crippen LogP contribution >= 0.6 is 0 Å². The Kier molecular flexibility index (Phi) is 2.06. The second-order valence-electron chi connectivity index (χ2n) is 3.90. The maximum Gasteiger partial charge on any atom is 0.280 e. The molecule has 15 heavy (non-hydrogen) atoms. The third-order valence-electron chi connectivity index (χ3n) is 2.61. The molecule has 1 aromatic heterocycles. The summed E-state index contributed by atoms with van der Waals surface area (Å²) in [5.41, 5.74) is 5.15. The Bertz CT molecular complexity index is 561. The minimum atomic E-state index is -0.319. The van der Waals surface area contributed by atoms with Crippen molar-refractivity contribution in [2.75, 3.05) is 12.3 Å². The van der Waals surface area contributed by atoms with Gasteiger partial charge in [0.15, 0.2) is 10.8 Å². The molecule has 0 saturated heterocycles. The normalized spacial score (nSPS) is 23.9. The van der Waals surface area contributed by atoms with E-state index in [0.29, 0.717) is 17.4 Å². The van der Waals surface area contributed by atoms with Gasteiger partial charge in [0.05, 0.1) is 12.1 Å². The minimum Gasteiger partial charge on any atom is -0.369 e. The smallest absolute Gasteiger partial charge is 0.280 e. The van der Waals surface area contributed by atoms with Gasteiger partial charge in [-0.1, -0.05) is 6.92 Å². The fourth-order valence-corrected chi connectivity index (χ4v) is 1.42. The predicted octanol–water partition coefficient (Wildman–Crippen LogP) is -1.23. The lowest BCUT2D eigenvalue weighted by Crippen LogP contribution is -2.50. The van der Waals surface area contributed by atoms with Gasteiger partial charge in [-0.3, -0.25) is 19.8 Å². The number of hydrogen-bond donors (Lipinski definition) is 2. The molecule has 1 aromatic rings. The summed E-state index contributed by atoms with van der Waals surface area (Å²) >= 11 is 0. The lowest BCUT2D eigenvalue weighted by Gasteiger charge is -2.22. The Hall–Kier alpha value is -1.72. The number of nitrogen functional groups attached to an aromatic ring is 1. The number of nitrogens with zero attached hydrogens (tertiary/aromatic N) is 3. The first kappa shape index (κ1) is 9.82. The molecule has 0 amide bonds. The monoisotopic (exact) mass is 207 g/mol. The number of rotatable bonds is 1. The van der Waals surface area contributed by atoms with Crippen LogP contribution in [0.3, 0.4) is 0 Å². The molecule has 0 aromatic carbocycles. The first-order chi connectivity index (χ1) is 7.04. The minimum absolute atomic E-state index is 0.0813. The van der Waals surface area contributed by atoms with Gasteiger partial charge < -0.3 is 5.73 Å². The first-order valence-corrected chi connectivity index (χ1v) is 4.84. The molecule has 1 aliphatic heterocycles. The van der Waals surface area contributed by atoms with Gasteiger partial charge in [0.2, 0.25) is 5.95 Å². The number of aromatic nitrogens is 2. The van der Waals surface area contributed by atoms with E-state index < -0.39 is 0 Å². The van der Waals surface area contributed by atoms with E-state index in [2.05, 4.69) is 20.0 Å². The third-order valence-corrected chi connectivity index (χ3v) is 2.61. The van der Waals surface area contributed by atoms with Crippen molar-refractivity contribution in [1.82, 2.24) is 9.97 Å². The van der Waals surface area contributed by atoms with Crippen molar-refractivity contribution in [2.45, 2.75) is 25.8 Å². The van der Waals surface area contributed by atoms with E-state index in [9.17, 15) is 4.79 Å². The second-order valence-corrected chi connectivity index (χ2v) is 3.90. The number of H-pyrrole nitrogens is 1. The molecule has 6 heteroatoms. The quantitative estimate of drug-likeness (QED) is 0.603. The summed E-state index contributed by atoms with van der Waals surface area (Å²) in [4.78, 5) is 26.5. The van der Waals surface area contributed by atoms with Crippen molar-refractivity contribution in [2.24, 2.45) is 9.98 Å².